The minimum Gasteiger partial charge on any atom is -1.00 e. The molecule has 0 bridgehead atoms. The quantitative estimate of drug-likeness (QED) is 0.494. The SMILES string of the molecule is [CH2]=[Zr+2]([C]1=C(CC)C(C(C)(C)C)=CC1C)[CH]1c2ccc(C(C)(C)C)cc2-c2cc(C(C)(C)C)ccc21.[Cl-].[Cl-]. The van der Waals surface area contributed by atoms with Crippen LogP contribution in [0.25, 0.3) is 11.1 Å². The number of hydrogen-bond donors (Lipinski definition) is 0. The third kappa shape index (κ3) is 5.90. The van der Waals surface area contributed by atoms with Gasteiger partial charge in [-0.15, -0.1) is 0 Å². The molecule has 3 heteroatoms. The first-order chi connectivity index (χ1) is 16.1. The third-order valence-electron chi connectivity index (χ3n) is 8.13. The Hall–Kier alpha value is -0.747. The van der Waals surface area contributed by atoms with E-state index in [1.54, 1.807) is 25.6 Å². The van der Waals surface area contributed by atoms with E-state index in [0.29, 0.717) is 9.54 Å². The van der Waals surface area contributed by atoms with Crippen molar-refractivity contribution in [3.05, 3.63) is 79.2 Å². The number of halogens is 2. The van der Waals surface area contributed by atoms with Crippen molar-refractivity contribution in [2.45, 2.75) is 97.0 Å². The van der Waals surface area contributed by atoms with Crippen molar-refractivity contribution >= 4 is 4.21 Å². The topological polar surface area (TPSA) is 0 Å². The van der Waals surface area contributed by atoms with Gasteiger partial charge in [0.05, 0.1) is 0 Å². The summed E-state index contributed by atoms with van der Waals surface area (Å²) in [5, 5.41) is 0. The van der Waals surface area contributed by atoms with E-state index in [0.717, 1.165) is 6.42 Å². The minimum absolute atomic E-state index is 0. The van der Waals surface area contributed by atoms with Crippen molar-refractivity contribution < 1.29 is 46.1 Å². The molecule has 0 spiro atoms. The van der Waals surface area contributed by atoms with E-state index in [4.69, 9.17) is 4.21 Å². The van der Waals surface area contributed by atoms with Gasteiger partial charge >= 0.3 is 224 Å². The van der Waals surface area contributed by atoms with Crippen LogP contribution in [0.15, 0.2) is 56.9 Å². The van der Waals surface area contributed by atoms with Gasteiger partial charge in [0.25, 0.3) is 0 Å². The Morgan fingerprint density at radius 2 is 1.16 bits per heavy atom. The van der Waals surface area contributed by atoms with Crippen LogP contribution in [0.5, 0.6) is 0 Å². The van der Waals surface area contributed by atoms with Gasteiger partial charge in [0.15, 0.2) is 0 Å². The van der Waals surface area contributed by atoms with Crippen LogP contribution >= 0.6 is 0 Å². The van der Waals surface area contributed by atoms with Crippen LogP contribution in [-0.2, 0) is 32.1 Å². The summed E-state index contributed by atoms with van der Waals surface area (Å²) in [4.78, 5) is 0. The first kappa shape index (κ1) is 32.5. The maximum absolute atomic E-state index is 5.11. The average molecular weight is 617 g/mol. The molecule has 0 fully saturated rings. The van der Waals surface area contributed by atoms with Gasteiger partial charge < -0.3 is 24.8 Å². The van der Waals surface area contributed by atoms with E-state index >= 15 is 0 Å². The van der Waals surface area contributed by atoms with Crippen molar-refractivity contribution in [2.75, 3.05) is 0 Å². The first-order valence-corrected chi connectivity index (χ1v) is 17.9. The van der Waals surface area contributed by atoms with Crippen LogP contribution in [0.2, 0.25) is 0 Å². The van der Waals surface area contributed by atoms with Gasteiger partial charge in [-0.2, -0.15) is 0 Å². The Kier molecular flexibility index (Phi) is 9.67. The average Bonchev–Trinajstić information content (AvgIpc) is 3.25. The van der Waals surface area contributed by atoms with Gasteiger partial charge in [0.1, 0.15) is 0 Å². The maximum atomic E-state index is 5.11. The summed E-state index contributed by atoms with van der Waals surface area (Å²) < 4.78 is 7.36. The van der Waals surface area contributed by atoms with Gasteiger partial charge in [-0.05, 0) is 0 Å². The van der Waals surface area contributed by atoms with Gasteiger partial charge in [0, 0.05) is 0 Å². The molecule has 1 unspecified atom stereocenters. The van der Waals surface area contributed by atoms with E-state index in [9.17, 15) is 0 Å². The molecule has 2 aliphatic rings. The second-order valence-electron chi connectivity index (χ2n) is 13.9. The van der Waals surface area contributed by atoms with Crippen molar-refractivity contribution in [1.29, 1.82) is 0 Å². The Morgan fingerprint density at radius 1 is 0.730 bits per heavy atom. The molecule has 2 aliphatic carbocycles. The maximum Gasteiger partial charge on any atom is -1.00 e. The van der Waals surface area contributed by atoms with E-state index in [2.05, 4.69) is 119 Å². The predicted octanol–water partition coefficient (Wildman–Crippen LogP) is 3.70. The Morgan fingerprint density at radius 3 is 1.51 bits per heavy atom. The molecule has 0 N–H and O–H groups in total. The molecule has 4 rings (SSSR count). The third-order valence-corrected chi connectivity index (χ3v) is 14.9. The fourth-order valence-electron chi connectivity index (χ4n) is 6.14. The molecule has 1 atom stereocenters. The summed E-state index contributed by atoms with van der Waals surface area (Å²) in [6.07, 6.45) is 3.70. The zero-order valence-electron chi connectivity index (χ0n) is 24.9. The fourth-order valence-corrected chi connectivity index (χ4v) is 13.3. The van der Waals surface area contributed by atoms with Crippen LogP contribution in [0.1, 0.15) is 108 Å². The summed E-state index contributed by atoms with van der Waals surface area (Å²) in [6.45, 7) is 25.9. The van der Waals surface area contributed by atoms with Crippen molar-refractivity contribution in [3.63, 3.8) is 0 Å². The summed E-state index contributed by atoms with van der Waals surface area (Å²) in [7, 11) is 0. The first-order valence-electron chi connectivity index (χ1n) is 13.5. The molecular weight excluding hydrogens is 571 g/mol. The van der Waals surface area contributed by atoms with Crippen molar-refractivity contribution in [1.82, 2.24) is 0 Å². The smallest absolute Gasteiger partial charge is 1.00 e. The van der Waals surface area contributed by atoms with E-state index in [1.807, 2.05) is 0 Å². The normalized spacial score (nSPS) is 17.4. The largest absolute Gasteiger partial charge is 1.00 e. The second kappa shape index (κ2) is 11.0. The van der Waals surface area contributed by atoms with Gasteiger partial charge in [0.2, 0.25) is 0 Å². The van der Waals surface area contributed by atoms with Crippen molar-refractivity contribution in [2.24, 2.45) is 11.3 Å². The molecule has 2 aromatic rings. The Bertz CT molecular complexity index is 1190. The predicted molar refractivity (Wildman–Crippen MR) is 152 cm³/mol. The molecule has 0 nitrogen and oxygen atoms in total. The van der Waals surface area contributed by atoms with E-state index < -0.39 is 21.3 Å². The van der Waals surface area contributed by atoms with E-state index in [-0.39, 0.29) is 41.1 Å². The van der Waals surface area contributed by atoms with Crippen LogP contribution in [0, 0.1) is 11.3 Å². The molecule has 0 saturated carbocycles. The number of allylic oxidation sites excluding steroid dienone is 4. The van der Waals surface area contributed by atoms with Crippen LogP contribution in [0.4, 0.5) is 0 Å². The molecule has 0 aliphatic heterocycles. The molecule has 0 saturated heterocycles. The zero-order chi connectivity index (χ0) is 26.1. The van der Waals surface area contributed by atoms with Crippen LogP contribution < -0.4 is 24.8 Å². The Labute approximate surface area is 247 Å². The molecule has 37 heavy (non-hydrogen) atoms. The summed E-state index contributed by atoms with van der Waals surface area (Å²) in [5.41, 5.74) is 12.6. The number of rotatable bonds is 3. The van der Waals surface area contributed by atoms with E-state index in [1.165, 1.54) is 22.3 Å². The van der Waals surface area contributed by atoms with Crippen LogP contribution in [-0.4, -0.2) is 4.21 Å². The molecule has 200 valence electrons. The van der Waals surface area contributed by atoms with Gasteiger partial charge in [-0.3, -0.25) is 0 Å². The van der Waals surface area contributed by atoms with Gasteiger partial charge in [-0.25, -0.2) is 0 Å². The number of hydrogen-bond acceptors (Lipinski definition) is 0. The molecule has 0 heterocycles. The van der Waals surface area contributed by atoms with Crippen molar-refractivity contribution in [3.8, 4) is 11.1 Å². The van der Waals surface area contributed by atoms with Crippen LogP contribution in [0.3, 0.4) is 0 Å². The second-order valence-corrected chi connectivity index (χ2v) is 19.3. The number of fused-ring (bicyclic) bond motifs is 3. The minimum atomic E-state index is -2.30. The summed E-state index contributed by atoms with van der Waals surface area (Å²) in [5.74, 6) is 0.529. The fraction of sp³-hybridized carbons (Fsp3) is 0.500. The standard InChI is InChI=1S/C21H25.C12H19.CH2.2ClH.Zr/c1-20(2,3)16-9-7-14-11-15-8-10-17(21(4,5)6)13-19(15)18(14)12-16;1-6-10-7-9(2)8-11(10)12(3,4)5;;;;/h7-13H,1-6H3;8-9H,6H2,1-5H3;1H2;2*1H;/q;;;;;+2/p-2. The zero-order valence-corrected chi connectivity index (χ0v) is 28.8. The molecule has 0 radical (unpaired) electrons. The molecule has 0 amide bonds. The molecule has 0 aromatic heterocycles. The molecule has 2 aromatic carbocycles. The monoisotopic (exact) mass is 614 g/mol. The molecular formula is C34H46Cl2Zr. The summed E-state index contributed by atoms with van der Waals surface area (Å²) >= 11 is -2.30. The number of benzene rings is 2. The van der Waals surface area contributed by atoms with Gasteiger partial charge in [-0.1, -0.05) is 0 Å². The Balaban J connectivity index is 0.00000241. The summed E-state index contributed by atoms with van der Waals surface area (Å²) in [6, 6.07) is 14.7.